The first-order valence-corrected chi connectivity index (χ1v) is 7.36. The minimum atomic E-state index is -0.621. The number of rotatable bonds is 4. The zero-order valence-electron chi connectivity index (χ0n) is 12.0. The minimum Gasteiger partial charge on any atom is -0.343 e. The lowest BCUT2D eigenvalue weighted by atomic mass is 10.0. The van der Waals surface area contributed by atoms with Gasteiger partial charge in [0.25, 0.3) is 0 Å². The summed E-state index contributed by atoms with van der Waals surface area (Å²) in [7, 11) is 0. The van der Waals surface area contributed by atoms with Crippen LogP contribution in [0.1, 0.15) is 32.3 Å². The second kappa shape index (κ2) is 6.43. The zero-order valence-corrected chi connectivity index (χ0v) is 12.8. The van der Waals surface area contributed by atoms with Gasteiger partial charge < -0.3 is 10.2 Å². The van der Waals surface area contributed by atoms with E-state index < -0.39 is 17.9 Å². The van der Waals surface area contributed by atoms with Crippen LogP contribution in [-0.2, 0) is 16.1 Å². The average Bonchev–Trinajstić information content (AvgIpc) is 2.44. The average molecular weight is 313 g/mol. The number of hydrogen-bond donors (Lipinski definition) is 1. The number of carbonyl (C=O) groups excluding carboxylic acids is 2. The van der Waals surface area contributed by atoms with Crippen molar-refractivity contribution in [2.45, 2.75) is 45.3 Å². The quantitative estimate of drug-likeness (QED) is 0.928. The maximum Gasteiger partial charge on any atom is 0.246 e. The highest BCUT2D eigenvalue weighted by Gasteiger charge is 2.37. The molecule has 1 aliphatic heterocycles. The van der Waals surface area contributed by atoms with Crippen LogP contribution >= 0.6 is 11.6 Å². The van der Waals surface area contributed by atoms with Crippen molar-refractivity contribution in [2.75, 3.05) is 0 Å². The van der Waals surface area contributed by atoms with E-state index >= 15 is 0 Å². The molecule has 0 radical (unpaired) electrons. The number of benzene rings is 1. The number of nitrogens with zero attached hydrogens (tertiary/aromatic N) is 1. The number of halogens is 2. The van der Waals surface area contributed by atoms with Crippen molar-refractivity contribution in [2.24, 2.45) is 0 Å². The maximum absolute atomic E-state index is 13.8. The highest BCUT2D eigenvalue weighted by Crippen LogP contribution is 2.21. The Kier molecular flexibility index (Phi) is 4.83. The van der Waals surface area contributed by atoms with Crippen LogP contribution in [0.5, 0.6) is 0 Å². The van der Waals surface area contributed by atoms with Gasteiger partial charge in [-0.3, -0.25) is 9.59 Å². The van der Waals surface area contributed by atoms with E-state index in [0.29, 0.717) is 17.0 Å². The van der Waals surface area contributed by atoms with Crippen LogP contribution in [0.15, 0.2) is 18.2 Å². The van der Waals surface area contributed by atoms with Gasteiger partial charge in [-0.05, 0) is 31.5 Å². The van der Waals surface area contributed by atoms with E-state index in [1.54, 1.807) is 6.92 Å². The summed E-state index contributed by atoms with van der Waals surface area (Å²) < 4.78 is 13.8. The number of carbonyl (C=O) groups is 2. The minimum absolute atomic E-state index is 0.0417. The molecular formula is C15H18ClFN2O2. The Morgan fingerprint density at radius 1 is 1.38 bits per heavy atom. The van der Waals surface area contributed by atoms with Crippen LogP contribution < -0.4 is 5.32 Å². The third-order valence-corrected chi connectivity index (χ3v) is 3.91. The molecule has 0 spiro atoms. The summed E-state index contributed by atoms with van der Waals surface area (Å²) in [5, 5.41) is 3.11. The molecule has 2 amide bonds. The van der Waals surface area contributed by atoms with Gasteiger partial charge in [-0.15, -0.1) is 0 Å². The number of hydrogen-bond acceptors (Lipinski definition) is 2. The predicted molar refractivity (Wildman–Crippen MR) is 78.3 cm³/mol. The highest BCUT2D eigenvalue weighted by molar-refractivity contribution is 6.30. The van der Waals surface area contributed by atoms with Gasteiger partial charge in [0, 0.05) is 17.1 Å². The molecule has 21 heavy (non-hydrogen) atoms. The van der Waals surface area contributed by atoms with Crippen LogP contribution in [0, 0.1) is 5.82 Å². The Bertz CT molecular complexity index is 565. The molecule has 1 aliphatic rings. The second-order valence-corrected chi connectivity index (χ2v) is 5.66. The molecule has 0 aliphatic carbocycles. The largest absolute Gasteiger partial charge is 0.343 e. The van der Waals surface area contributed by atoms with Gasteiger partial charge in [0.2, 0.25) is 11.8 Å². The molecule has 0 saturated carbocycles. The standard InChI is InChI=1S/C15H18ClFN2O2/c1-3-4-13-15(21)19(9(2)14(20)18-13)8-10-7-11(16)5-6-12(10)17/h5-7,9,13H,3-4,8H2,1-2H3,(H,18,20). The zero-order chi connectivity index (χ0) is 15.6. The summed E-state index contributed by atoms with van der Waals surface area (Å²) >= 11 is 5.86. The topological polar surface area (TPSA) is 49.4 Å². The van der Waals surface area contributed by atoms with Gasteiger partial charge in [0.15, 0.2) is 0 Å². The molecule has 0 bridgehead atoms. The lowest BCUT2D eigenvalue weighted by Gasteiger charge is -2.37. The smallest absolute Gasteiger partial charge is 0.246 e. The molecule has 1 heterocycles. The van der Waals surface area contributed by atoms with Gasteiger partial charge in [-0.25, -0.2) is 4.39 Å². The summed E-state index contributed by atoms with van der Waals surface area (Å²) in [5.74, 6) is -0.823. The molecule has 114 valence electrons. The molecule has 1 saturated heterocycles. The molecular weight excluding hydrogens is 295 g/mol. The second-order valence-electron chi connectivity index (χ2n) is 5.23. The summed E-state index contributed by atoms with van der Waals surface area (Å²) in [4.78, 5) is 25.8. The van der Waals surface area contributed by atoms with Gasteiger partial charge in [-0.2, -0.15) is 0 Å². The Labute approximate surface area is 128 Å². The first-order chi connectivity index (χ1) is 9.93. The fourth-order valence-corrected chi connectivity index (χ4v) is 2.63. The maximum atomic E-state index is 13.8. The van der Waals surface area contributed by atoms with Crippen molar-refractivity contribution in [3.8, 4) is 0 Å². The van der Waals surface area contributed by atoms with E-state index in [0.717, 1.165) is 6.42 Å². The van der Waals surface area contributed by atoms with Gasteiger partial charge >= 0.3 is 0 Å². The first kappa shape index (κ1) is 15.8. The van der Waals surface area contributed by atoms with E-state index in [9.17, 15) is 14.0 Å². The molecule has 2 unspecified atom stereocenters. The van der Waals surface area contributed by atoms with Gasteiger partial charge in [-0.1, -0.05) is 24.9 Å². The number of nitrogens with one attached hydrogen (secondary N) is 1. The van der Waals surface area contributed by atoms with E-state index in [4.69, 9.17) is 11.6 Å². The Morgan fingerprint density at radius 3 is 2.76 bits per heavy atom. The van der Waals surface area contributed by atoms with Crippen molar-refractivity contribution >= 4 is 23.4 Å². The Morgan fingerprint density at radius 2 is 2.10 bits per heavy atom. The van der Waals surface area contributed by atoms with Gasteiger partial charge in [0.1, 0.15) is 17.9 Å². The van der Waals surface area contributed by atoms with Crippen molar-refractivity contribution in [1.82, 2.24) is 10.2 Å². The lowest BCUT2D eigenvalue weighted by molar-refractivity contribution is -0.149. The van der Waals surface area contributed by atoms with E-state index in [1.165, 1.54) is 23.1 Å². The SMILES string of the molecule is CCCC1NC(=O)C(C)N(Cc2cc(Cl)ccc2F)C1=O. The van der Waals surface area contributed by atoms with E-state index in [2.05, 4.69) is 5.32 Å². The van der Waals surface area contributed by atoms with Crippen molar-refractivity contribution < 1.29 is 14.0 Å². The third kappa shape index (κ3) is 3.35. The normalized spacial score (nSPS) is 22.4. The van der Waals surface area contributed by atoms with Crippen LogP contribution in [0.4, 0.5) is 4.39 Å². The number of piperazine rings is 1. The number of amides is 2. The Hall–Kier alpha value is -1.62. The first-order valence-electron chi connectivity index (χ1n) is 6.98. The molecule has 1 N–H and O–H groups in total. The summed E-state index contributed by atoms with van der Waals surface area (Å²) in [6.07, 6.45) is 1.36. The predicted octanol–water partition coefficient (Wildman–Crippen LogP) is 2.49. The van der Waals surface area contributed by atoms with Crippen LogP contribution in [0.2, 0.25) is 5.02 Å². The summed E-state index contributed by atoms with van der Waals surface area (Å²) in [6, 6.07) is 3.05. The summed E-state index contributed by atoms with van der Waals surface area (Å²) in [6.45, 7) is 3.62. The molecule has 2 rings (SSSR count). The van der Waals surface area contributed by atoms with Crippen molar-refractivity contribution in [3.05, 3.63) is 34.6 Å². The molecule has 4 nitrogen and oxygen atoms in total. The van der Waals surface area contributed by atoms with Crippen LogP contribution in [0.3, 0.4) is 0 Å². The molecule has 6 heteroatoms. The highest BCUT2D eigenvalue weighted by atomic mass is 35.5. The Balaban J connectivity index is 2.25. The fraction of sp³-hybridized carbons (Fsp3) is 0.467. The molecule has 1 aromatic carbocycles. The fourth-order valence-electron chi connectivity index (χ4n) is 2.43. The van der Waals surface area contributed by atoms with Crippen molar-refractivity contribution in [1.29, 1.82) is 0 Å². The van der Waals surface area contributed by atoms with Crippen LogP contribution in [0.25, 0.3) is 0 Å². The van der Waals surface area contributed by atoms with Crippen LogP contribution in [-0.4, -0.2) is 28.8 Å². The molecule has 1 aromatic rings. The monoisotopic (exact) mass is 312 g/mol. The lowest BCUT2D eigenvalue weighted by Crippen LogP contribution is -2.61. The molecule has 0 aromatic heterocycles. The van der Waals surface area contributed by atoms with Gasteiger partial charge in [0.05, 0.1) is 0 Å². The van der Waals surface area contributed by atoms with Crippen molar-refractivity contribution in [3.63, 3.8) is 0 Å². The third-order valence-electron chi connectivity index (χ3n) is 3.67. The molecule has 2 atom stereocenters. The van der Waals surface area contributed by atoms with E-state index in [-0.39, 0.29) is 18.4 Å². The molecule has 1 fully saturated rings. The van der Waals surface area contributed by atoms with E-state index in [1.807, 2.05) is 6.92 Å². The summed E-state index contributed by atoms with van der Waals surface area (Å²) in [5.41, 5.74) is 0.313.